The summed E-state index contributed by atoms with van der Waals surface area (Å²) in [6.07, 6.45) is 0. The standard InChI is InChI=1S/C11H10N2O5/c1-16-7-17-11-6-10(18-12-11)8-2-4-9(5-3-8)13(14)15/h2-6H,7H2,1H3. The van der Waals surface area contributed by atoms with Crippen molar-refractivity contribution < 1.29 is 18.9 Å². The Balaban J connectivity index is 2.15. The summed E-state index contributed by atoms with van der Waals surface area (Å²) in [5.41, 5.74) is 0.703. The SMILES string of the molecule is COCOc1cc(-c2ccc([N+](=O)[O-])cc2)on1. The fourth-order valence-corrected chi connectivity index (χ4v) is 1.33. The van der Waals surface area contributed by atoms with Crippen molar-refractivity contribution in [3.8, 4) is 17.2 Å². The van der Waals surface area contributed by atoms with E-state index in [1.165, 1.54) is 19.2 Å². The van der Waals surface area contributed by atoms with E-state index in [0.717, 1.165) is 0 Å². The minimum Gasteiger partial charge on any atom is -0.448 e. The number of methoxy groups -OCH3 is 1. The van der Waals surface area contributed by atoms with Crippen molar-refractivity contribution in [1.82, 2.24) is 5.16 Å². The van der Waals surface area contributed by atoms with Crippen LogP contribution in [0.25, 0.3) is 11.3 Å². The molecule has 0 fully saturated rings. The molecule has 7 nitrogen and oxygen atoms in total. The van der Waals surface area contributed by atoms with Gasteiger partial charge in [-0.1, -0.05) is 0 Å². The second-order valence-corrected chi connectivity index (χ2v) is 3.38. The van der Waals surface area contributed by atoms with Gasteiger partial charge in [-0.25, -0.2) is 0 Å². The quantitative estimate of drug-likeness (QED) is 0.459. The topological polar surface area (TPSA) is 87.6 Å². The van der Waals surface area contributed by atoms with Gasteiger partial charge in [0.15, 0.2) is 12.6 Å². The molecule has 0 radical (unpaired) electrons. The maximum absolute atomic E-state index is 10.5. The van der Waals surface area contributed by atoms with Crippen molar-refractivity contribution in [2.45, 2.75) is 0 Å². The molecule has 0 spiro atoms. The molecule has 0 aliphatic rings. The lowest BCUT2D eigenvalue weighted by atomic mass is 10.1. The summed E-state index contributed by atoms with van der Waals surface area (Å²) in [5.74, 6) is 0.765. The summed E-state index contributed by atoms with van der Waals surface area (Å²) in [6.45, 7) is 0.0756. The Kier molecular flexibility index (Phi) is 3.54. The monoisotopic (exact) mass is 250 g/mol. The van der Waals surface area contributed by atoms with Gasteiger partial charge in [0.1, 0.15) is 0 Å². The lowest BCUT2D eigenvalue weighted by molar-refractivity contribution is -0.384. The van der Waals surface area contributed by atoms with Gasteiger partial charge in [-0.05, 0) is 17.3 Å². The van der Waals surface area contributed by atoms with Crippen molar-refractivity contribution in [2.75, 3.05) is 13.9 Å². The van der Waals surface area contributed by atoms with Crippen LogP contribution in [0.15, 0.2) is 34.9 Å². The van der Waals surface area contributed by atoms with Crippen LogP contribution in [-0.2, 0) is 4.74 Å². The number of nitro groups is 1. The van der Waals surface area contributed by atoms with E-state index < -0.39 is 4.92 Å². The van der Waals surface area contributed by atoms with Gasteiger partial charge in [0.05, 0.1) is 4.92 Å². The molecule has 0 unspecified atom stereocenters. The fraction of sp³-hybridized carbons (Fsp3) is 0.182. The number of ether oxygens (including phenoxy) is 2. The highest BCUT2D eigenvalue weighted by Crippen LogP contribution is 2.25. The molecule has 2 rings (SSSR count). The molecule has 0 amide bonds. The third-order valence-corrected chi connectivity index (χ3v) is 2.18. The van der Waals surface area contributed by atoms with E-state index in [-0.39, 0.29) is 12.5 Å². The molecule has 0 bridgehead atoms. The van der Waals surface area contributed by atoms with Gasteiger partial charge < -0.3 is 14.0 Å². The van der Waals surface area contributed by atoms with Crippen molar-refractivity contribution in [2.24, 2.45) is 0 Å². The number of aromatic nitrogens is 1. The zero-order valence-electron chi connectivity index (χ0n) is 9.53. The van der Waals surface area contributed by atoms with Crippen LogP contribution in [0.5, 0.6) is 5.88 Å². The predicted octanol–water partition coefficient (Wildman–Crippen LogP) is 2.23. The van der Waals surface area contributed by atoms with Gasteiger partial charge in [0.2, 0.25) is 0 Å². The molecule has 1 heterocycles. The van der Waals surface area contributed by atoms with Gasteiger partial charge in [-0.3, -0.25) is 10.1 Å². The third-order valence-electron chi connectivity index (χ3n) is 2.18. The van der Waals surface area contributed by atoms with Crippen LogP contribution in [0, 0.1) is 10.1 Å². The normalized spacial score (nSPS) is 10.3. The molecule has 1 aromatic carbocycles. The highest BCUT2D eigenvalue weighted by Gasteiger charge is 2.10. The molecule has 2 aromatic rings. The molecule has 0 N–H and O–H groups in total. The van der Waals surface area contributed by atoms with E-state index >= 15 is 0 Å². The Morgan fingerprint density at radius 1 is 1.39 bits per heavy atom. The molecule has 94 valence electrons. The van der Waals surface area contributed by atoms with E-state index in [9.17, 15) is 10.1 Å². The number of benzene rings is 1. The number of hydrogen-bond acceptors (Lipinski definition) is 6. The summed E-state index contributed by atoms with van der Waals surface area (Å²) < 4.78 is 14.9. The summed E-state index contributed by atoms with van der Waals surface area (Å²) in [7, 11) is 1.50. The maximum atomic E-state index is 10.5. The highest BCUT2D eigenvalue weighted by molar-refractivity contribution is 5.59. The van der Waals surface area contributed by atoms with Gasteiger partial charge in [0.25, 0.3) is 11.6 Å². The maximum Gasteiger partial charge on any atom is 0.269 e. The molecular weight excluding hydrogens is 240 g/mol. The molecule has 1 aromatic heterocycles. The van der Waals surface area contributed by atoms with Crippen LogP contribution >= 0.6 is 0 Å². The molecule has 0 aliphatic carbocycles. The first-order valence-electron chi connectivity index (χ1n) is 5.04. The molecule has 0 saturated carbocycles. The first kappa shape index (κ1) is 12.1. The van der Waals surface area contributed by atoms with Crippen LogP contribution in [0.1, 0.15) is 0 Å². The van der Waals surface area contributed by atoms with Crippen molar-refractivity contribution in [3.05, 3.63) is 40.4 Å². The number of nitrogens with zero attached hydrogens (tertiary/aromatic N) is 2. The van der Waals surface area contributed by atoms with Gasteiger partial charge in [0, 0.05) is 30.9 Å². The van der Waals surface area contributed by atoms with Crippen molar-refractivity contribution >= 4 is 5.69 Å². The number of nitro benzene ring substituents is 1. The highest BCUT2D eigenvalue weighted by atomic mass is 16.7. The molecule has 0 saturated heterocycles. The predicted molar refractivity (Wildman–Crippen MR) is 61.1 cm³/mol. The van der Waals surface area contributed by atoms with Crippen LogP contribution in [0.3, 0.4) is 0 Å². The Morgan fingerprint density at radius 3 is 2.72 bits per heavy atom. The largest absolute Gasteiger partial charge is 0.448 e. The summed E-state index contributed by atoms with van der Waals surface area (Å²) in [4.78, 5) is 10.0. The van der Waals surface area contributed by atoms with Gasteiger partial charge in [-0.2, -0.15) is 0 Å². The van der Waals surface area contributed by atoms with Crippen LogP contribution in [0.2, 0.25) is 0 Å². The minimum absolute atomic E-state index is 0.0223. The Bertz CT molecular complexity index is 535. The number of rotatable bonds is 5. The minimum atomic E-state index is -0.461. The van der Waals surface area contributed by atoms with E-state index in [0.29, 0.717) is 17.2 Å². The average molecular weight is 250 g/mol. The molecule has 0 aliphatic heterocycles. The second kappa shape index (κ2) is 5.28. The zero-order valence-corrected chi connectivity index (χ0v) is 9.53. The molecule has 7 heteroatoms. The van der Waals surface area contributed by atoms with Gasteiger partial charge >= 0.3 is 0 Å². The first-order chi connectivity index (χ1) is 8.70. The molecule has 18 heavy (non-hydrogen) atoms. The fourth-order valence-electron chi connectivity index (χ4n) is 1.33. The average Bonchev–Trinajstić information content (AvgIpc) is 2.85. The van der Waals surface area contributed by atoms with Crippen LogP contribution < -0.4 is 4.74 Å². The van der Waals surface area contributed by atoms with Crippen molar-refractivity contribution in [3.63, 3.8) is 0 Å². The van der Waals surface area contributed by atoms with Crippen LogP contribution in [-0.4, -0.2) is 24.0 Å². The van der Waals surface area contributed by atoms with E-state index in [2.05, 4.69) is 5.16 Å². The van der Waals surface area contributed by atoms with Crippen LogP contribution in [0.4, 0.5) is 5.69 Å². The molecule has 0 atom stereocenters. The third kappa shape index (κ3) is 2.64. The second-order valence-electron chi connectivity index (χ2n) is 3.38. The number of hydrogen-bond donors (Lipinski definition) is 0. The Hall–Kier alpha value is -2.41. The Labute approximate surface area is 102 Å². The van der Waals surface area contributed by atoms with E-state index in [4.69, 9.17) is 14.0 Å². The molecular formula is C11H10N2O5. The zero-order chi connectivity index (χ0) is 13.0. The summed E-state index contributed by atoms with van der Waals surface area (Å²) in [5, 5.41) is 14.2. The first-order valence-corrected chi connectivity index (χ1v) is 5.04. The summed E-state index contributed by atoms with van der Waals surface area (Å²) in [6, 6.07) is 7.54. The van der Waals surface area contributed by atoms with E-state index in [1.807, 2.05) is 0 Å². The van der Waals surface area contributed by atoms with Crippen molar-refractivity contribution in [1.29, 1.82) is 0 Å². The smallest absolute Gasteiger partial charge is 0.269 e. The van der Waals surface area contributed by atoms with Gasteiger partial charge in [-0.15, -0.1) is 0 Å². The lowest BCUT2D eigenvalue weighted by Crippen LogP contribution is -1.98. The lowest BCUT2D eigenvalue weighted by Gasteiger charge is -1.96. The van der Waals surface area contributed by atoms with E-state index in [1.54, 1.807) is 18.2 Å². The summed E-state index contributed by atoms with van der Waals surface area (Å²) >= 11 is 0. The number of non-ortho nitro benzene ring substituents is 1. The Morgan fingerprint density at radius 2 is 2.11 bits per heavy atom.